The lowest BCUT2D eigenvalue weighted by Crippen LogP contribution is -2.25. The van der Waals surface area contributed by atoms with Crippen LogP contribution in [0.2, 0.25) is 0 Å². The first kappa shape index (κ1) is 32.8. The molecule has 0 saturated carbocycles. The highest BCUT2D eigenvalue weighted by molar-refractivity contribution is 7.22. The van der Waals surface area contributed by atoms with E-state index in [4.69, 9.17) is 0 Å². The van der Waals surface area contributed by atoms with E-state index in [0.717, 1.165) is 17.1 Å². The number of rotatable bonds is 4. The quantitative estimate of drug-likeness (QED) is 0.161. The van der Waals surface area contributed by atoms with Gasteiger partial charge >= 0.3 is 0 Å². The molecule has 0 aliphatic heterocycles. The van der Waals surface area contributed by atoms with Gasteiger partial charge in [0.1, 0.15) is 0 Å². The maximum Gasteiger partial charge on any atom is 0.0725 e. The standard InChI is InChI=1S/C57H35NS/c1-14-28-55-36(15-1)33-56(59-55)47-23-9-13-27-54(47)58(37-29-31-43-41-18-3-2-16-39(41)40-17-4-5-19-42(40)48(43)34-37)38-30-32-53-49(35-38)46-22-8-12-26-52(46)57(53)50-24-10-6-20-44(50)45-21-7-11-25-51(45)57/h1-35H. The molecule has 13 rings (SSSR count). The highest BCUT2D eigenvalue weighted by atomic mass is 32.1. The number of nitrogens with zero attached hydrogens (tertiary/aromatic N) is 1. The summed E-state index contributed by atoms with van der Waals surface area (Å²) in [5.41, 5.74) is 14.9. The first-order valence-corrected chi connectivity index (χ1v) is 21.2. The summed E-state index contributed by atoms with van der Waals surface area (Å²) in [5, 5.41) is 8.91. The van der Waals surface area contributed by atoms with Crippen LogP contribution in [-0.4, -0.2) is 0 Å². The second kappa shape index (κ2) is 12.4. The van der Waals surface area contributed by atoms with Gasteiger partial charge in [-0.25, -0.2) is 0 Å². The molecule has 1 aromatic heterocycles. The van der Waals surface area contributed by atoms with Gasteiger partial charge in [-0.2, -0.15) is 0 Å². The van der Waals surface area contributed by atoms with E-state index in [1.54, 1.807) is 0 Å². The van der Waals surface area contributed by atoms with Crippen molar-refractivity contribution in [2.45, 2.75) is 5.41 Å². The number of hydrogen-bond donors (Lipinski definition) is 0. The van der Waals surface area contributed by atoms with Crippen LogP contribution < -0.4 is 4.90 Å². The Hall–Kier alpha value is -7.26. The van der Waals surface area contributed by atoms with Gasteiger partial charge in [-0.05, 0) is 125 Å². The summed E-state index contributed by atoms with van der Waals surface area (Å²) in [6.45, 7) is 0. The van der Waals surface area contributed by atoms with Crippen LogP contribution >= 0.6 is 11.3 Å². The van der Waals surface area contributed by atoms with Gasteiger partial charge in [-0.15, -0.1) is 11.3 Å². The van der Waals surface area contributed by atoms with Crippen molar-refractivity contribution in [3.05, 3.63) is 235 Å². The molecule has 0 radical (unpaired) electrons. The van der Waals surface area contributed by atoms with Crippen molar-refractivity contribution in [2.75, 3.05) is 4.90 Å². The Bertz CT molecular complexity index is 3420. The highest BCUT2D eigenvalue weighted by Crippen LogP contribution is 2.63. The smallest absolute Gasteiger partial charge is 0.0725 e. The molecule has 0 fully saturated rings. The van der Waals surface area contributed by atoms with Crippen molar-refractivity contribution >= 4 is 70.8 Å². The van der Waals surface area contributed by atoms with E-state index >= 15 is 0 Å². The van der Waals surface area contributed by atoms with E-state index in [2.05, 4.69) is 217 Å². The Morgan fingerprint density at radius 2 is 0.780 bits per heavy atom. The molecule has 1 nitrogen and oxygen atoms in total. The van der Waals surface area contributed by atoms with Crippen molar-refractivity contribution in [3.8, 4) is 32.7 Å². The third-order valence-electron chi connectivity index (χ3n) is 13.1. The van der Waals surface area contributed by atoms with Crippen LogP contribution in [0.25, 0.3) is 75.1 Å². The zero-order valence-electron chi connectivity index (χ0n) is 32.1. The van der Waals surface area contributed by atoms with Gasteiger partial charge < -0.3 is 4.90 Å². The molecule has 2 heteroatoms. The summed E-state index contributed by atoms with van der Waals surface area (Å²) in [6.07, 6.45) is 0. The third kappa shape index (κ3) is 4.50. The molecule has 2 aliphatic carbocycles. The lowest BCUT2D eigenvalue weighted by molar-refractivity contribution is 0.794. The third-order valence-corrected chi connectivity index (χ3v) is 14.2. The monoisotopic (exact) mass is 765 g/mol. The zero-order chi connectivity index (χ0) is 38.7. The van der Waals surface area contributed by atoms with Crippen LogP contribution in [0.15, 0.2) is 212 Å². The molecule has 0 unspecified atom stereocenters. The van der Waals surface area contributed by atoms with E-state index in [1.165, 1.54) is 97.4 Å². The van der Waals surface area contributed by atoms with Crippen LogP contribution in [0.5, 0.6) is 0 Å². The van der Waals surface area contributed by atoms with Crippen molar-refractivity contribution in [3.63, 3.8) is 0 Å². The Balaban J connectivity index is 1.10. The maximum absolute atomic E-state index is 2.51. The van der Waals surface area contributed by atoms with Crippen LogP contribution in [0.4, 0.5) is 17.1 Å². The van der Waals surface area contributed by atoms with Gasteiger partial charge in [-0.3, -0.25) is 0 Å². The van der Waals surface area contributed by atoms with E-state index in [1.807, 2.05) is 11.3 Å². The fourth-order valence-corrected chi connectivity index (χ4v) is 11.8. The van der Waals surface area contributed by atoms with Gasteiger partial charge in [0.05, 0.1) is 11.1 Å². The summed E-state index contributed by atoms with van der Waals surface area (Å²) in [6, 6.07) is 79.4. The molecule has 0 atom stereocenters. The zero-order valence-corrected chi connectivity index (χ0v) is 32.9. The SMILES string of the molecule is c1ccc(N(c2ccc3c(c2)-c2ccccc2C32c3ccccc3-c3ccccc32)c2ccc3c4ccccc4c4ccccc4c3c2)c(-c2cc3ccccc3s2)c1. The summed E-state index contributed by atoms with van der Waals surface area (Å²) >= 11 is 1.86. The minimum absolute atomic E-state index is 0.389. The lowest BCUT2D eigenvalue weighted by atomic mass is 9.70. The molecule has 59 heavy (non-hydrogen) atoms. The normalized spacial score (nSPS) is 13.2. The predicted molar refractivity (Wildman–Crippen MR) is 251 cm³/mol. The number of thiophene rings is 1. The van der Waals surface area contributed by atoms with Gasteiger partial charge in [-0.1, -0.05) is 170 Å². The van der Waals surface area contributed by atoms with Crippen LogP contribution in [0.1, 0.15) is 22.3 Å². The number of fused-ring (bicyclic) bond motifs is 17. The Labute approximate surface area is 346 Å². The number of para-hydroxylation sites is 1. The minimum atomic E-state index is -0.389. The summed E-state index contributed by atoms with van der Waals surface area (Å²) in [7, 11) is 0. The number of benzene rings is 10. The molecule has 2 aliphatic rings. The van der Waals surface area contributed by atoms with Crippen molar-refractivity contribution < 1.29 is 0 Å². The second-order valence-corrected chi connectivity index (χ2v) is 17.0. The maximum atomic E-state index is 2.51. The predicted octanol–water partition coefficient (Wildman–Crippen LogP) is 15.8. The molecule has 0 bridgehead atoms. The Kier molecular flexibility index (Phi) is 6.87. The summed E-state index contributed by atoms with van der Waals surface area (Å²) in [5.74, 6) is 0. The van der Waals surface area contributed by atoms with Crippen molar-refractivity contribution in [1.82, 2.24) is 0 Å². The van der Waals surface area contributed by atoms with E-state index in [-0.39, 0.29) is 5.41 Å². The molecule has 11 aromatic rings. The van der Waals surface area contributed by atoms with Gasteiger partial charge in [0.15, 0.2) is 0 Å². The molecule has 10 aromatic carbocycles. The molecular formula is C57H35NS. The Morgan fingerprint density at radius 1 is 0.322 bits per heavy atom. The molecular weight excluding hydrogens is 731 g/mol. The van der Waals surface area contributed by atoms with Crippen LogP contribution in [-0.2, 0) is 5.41 Å². The van der Waals surface area contributed by atoms with Gasteiger partial charge in [0.2, 0.25) is 0 Å². The highest BCUT2D eigenvalue weighted by Gasteiger charge is 2.51. The van der Waals surface area contributed by atoms with Gasteiger partial charge in [0, 0.05) is 26.5 Å². The summed E-state index contributed by atoms with van der Waals surface area (Å²) in [4.78, 5) is 3.77. The van der Waals surface area contributed by atoms with Crippen LogP contribution in [0.3, 0.4) is 0 Å². The number of anilines is 3. The van der Waals surface area contributed by atoms with Crippen molar-refractivity contribution in [1.29, 1.82) is 0 Å². The van der Waals surface area contributed by atoms with Crippen molar-refractivity contribution in [2.24, 2.45) is 0 Å². The van der Waals surface area contributed by atoms with Crippen LogP contribution in [0, 0.1) is 0 Å². The molecule has 1 heterocycles. The fourth-order valence-electron chi connectivity index (χ4n) is 10.7. The average molecular weight is 766 g/mol. The van der Waals surface area contributed by atoms with E-state index in [9.17, 15) is 0 Å². The fraction of sp³-hybridized carbons (Fsp3) is 0.0175. The first-order chi connectivity index (χ1) is 29.3. The number of hydrogen-bond acceptors (Lipinski definition) is 2. The molecule has 274 valence electrons. The van der Waals surface area contributed by atoms with Gasteiger partial charge in [0.25, 0.3) is 0 Å². The molecule has 0 N–H and O–H groups in total. The topological polar surface area (TPSA) is 3.24 Å². The summed E-state index contributed by atoms with van der Waals surface area (Å²) < 4.78 is 1.30. The molecule has 0 amide bonds. The first-order valence-electron chi connectivity index (χ1n) is 20.4. The minimum Gasteiger partial charge on any atom is -0.310 e. The largest absolute Gasteiger partial charge is 0.310 e. The second-order valence-electron chi connectivity index (χ2n) is 15.9. The molecule has 0 saturated heterocycles. The van der Waals surface area contributed by atoms with E-state index in [0.29, 0.717) is 0 Å². The average Bonchev–Trinajstić information content (AvgIpc) is 3.96. The lowest BCUT2D eigenvalue weighted by Gasteiger charge is -2.31. The molecule has 1 spiro atoms. The Morgan fingerprint density at radius 3 is 1.42 bits per heavy atom. The van der Waals surface area contributed by atoms with E-state index < -0.39 is 0 Å².